The van der Waals surface area contributed by atoms with Gasteiger partial charge in [0.25, 0.3) is 0 Å². The summed E-state index contributed by atoms with van der Waals surface area (Å²) in [5.41, 5.74) is 5.28. The molecule has 0 saturated carbocycles. The van der Waals surface area contributed by atoms with Crippen molar-refractivity contribution >= 4 is 16.8 Å². The first-order chi connectivity index (χ1) is 11.6. The van der Waals surface area contributed by atoms with Gasteiger partial charge in [-0.1, -0.05) is 12.1 Å². The molecule has 1 aromatic heterocycles. The predicted octanol–water partition coefficient (Wildman–Crippen LogP) is 4.45. The van der Waals surface area contributed by atoms with Crippen LogP contribution in [0.25, 0.3) is 22.6 Å². The summed E-state index contributed by atoms with van der Waals surface area (Å²) >= 11 is 0. The van der Waals surface area contributed by atoms with Gasteiger partial charge in [0, 0.05) is 17.5 Å². The summed E-state index contributed by atoms with van der Waals surface area (Å²) in [6.07, 6.45) is 1.39. The van der Waals surface area contributed by atoms with Gasteiger partial charge in [0.2, 0.25) is 5.89 Å². The van der Waals surface area contributed by atoms with Crippen molar-refractivity contribution in [2.24, 2.45) is 0 Å². The number of nitrogens with one attached hydrogen (secondary N) is 1. The molecule has 0 unspecified atom stereocenters. The number of hydrogen-bond donors (Lipinski definition) is 1. The fraction of sp³-hybridized carbons (Fsp3) is 0.105. The number of nitriles is 2. The Balaban J connectivity index is 1.99. The van der Waals surface area contributed by atoms with Crippen LogP contribution in [0.4, 0.5) is 5.69 Å². The van der Waals surface area contributed by atoms with Crippen LogP contribution in [0.3, 0.4) is 0 Å². The third kappa shape index (κ3) is 2.97. The minimum absolute atomic E-state index is 0.0112. The molecular formula is C19H14N4O. The van der Waals surface area contributed by atoms with Gasteiger partial charge >= 0.3 is 0 Å². The van der Waals surface area contributed by atoms with Crippen LogP contribution in [0.2, 0.25) is 0 Å². The van der Waals surface area contributed by atoms with Crippen molar-refractivity contribution in [2.75, 3.05) is 5.32 Å². The van der Waals surface area contributed by atoms with Crippen LogP contribution in [-0.4, -0.2) is 4.98 Å². The van der Waals surface area contributed by atoms with E-state index in [9.17, 15) is 0 Å². The maximum Gasteiger partial charge on any atom is 0.227 e. The number of oxazole rings is 1. The van der Waals surface area contributed by atoms with Crippen molar-refractivity contribution in [1.82, 2.24) is 4.98 Å². The Morgan fingerprint density at radius 2 is 1.92 bits per heavy atom. The Labute approximate surface area is 139 Å². The van der Waals surface area contributed by atoms with Crippen LogP contribution in [0.15, 0.2) is 52.6 Å². The maximum atomic E-state index is 8.80. The minimum atomic E-state index is 0.0112. The number of hydrogen-bond acceptors (Lipinski definition) is 5. The zero-order valence-corrected chi connectivity index (χ0v) is 13.3. The van der Waals surface area contributed by atoms with E-state index in [0.29, 0.717) is 5.89 Å². The molecule has 0 fully saturated rings. The molecule has 0 radical (unpaired) electrons. The molecule has 24 heavy (non-hydrogen) atoms. The summed E-state index contributed by atoms with van der Waals surface area (Å²) in [6.45, 7) is 3.95. The number of nitrogens with zero attached hydrogens (tertiary/aromatic N) is 3. The second-order valence-corrected chi connectivity index (χ2v) is 5.45. The number of fused-ring (bicyclic) bond motifs is 1. The van der Waals surface area contributed by atoms with Gasteiger partial charge in [-0.25, -0.2) is 4.98 Å². The summed E-state index contributed by atoms with van der Waals surface area (Å²) < 4.78 is 5.81. The van der Waals surface area contributed by atoms with E-state index in [1.165, 1.54) is 6.20 Å². The Morgan fingerprint density at radius 1 is 1.12 bits per heavy atom. The van der Waals surface area contributed by atoms with Gasteiger partial charge < -0.3 is 9.73 Å². The highest BCUT2D eigenvalue weighted by Crippen LogP contribution is 2.28. The lowest BCUT2D eigenvalue weighted by Crippen LogP contribution is -1.93. The molecule has 0 bridgehead atoms. The van der Waals surface area contributed by atoms with E-state index < -0.39 is 0 Å². The van der Waals surface area contributed by atoms with E-state index >= 15 is 0 Å². The molecule has 1 heterocycles. The lowest BCUT2D eigenvalue weighted by molar-refractivity contribution is 0.620. The standard InChI is InChI=1S/C19H14N4O/c1-12-3-6-18-17(7-12)23-19(24-18)15-5-4-13(2)16(8-15)22-11-14(9-20)10-21/h3-8,11,22H,1-2H3. The largest absolute Gasteiger partial charge is 0.436 e. The highest BCUT2D eigenvalue weighted by Gasteiger charge is 2.10. The Bertz CT molecular complexity index is 1020. The van der Waals surface area contributed by atoms with E-state index in [4.69, 9.17) is 14.9 Å². The quantitative estimate of drug-likeness (QED) is 0.721. The first kappa shape index (κ1) is 15.3. The first-order valence-electron chi connectivity index (χ1n) is 7.36. The molecule has 0 spiro atoms. The lowest BCUT2D eigenvalue weighted by atomic mass is 10.1. The first-order valence-corrected chi connectivity index (χ1v) is 7.36. The van der Waals surface area contributed by atoms with Crippen LogP contribution >= 0.6 is 0 Å². The second kappa shape index (κ2) is 6.28. The van der Waals surface area contributed by atoms with E-state index in [-0.39, 0.29) is 5.57 Å². The smallest absolute Gasteiger partial charge is 0.227 e. The fourth-order valence-electron chi connectivity index (χ4n) is 2.31. The summed E-state index contributed by atoms with van der Waals surface area (Å²) in [6, 6.07) is 15.2. The van der Waals surface area contributed by atoms with Gasteiger partial charge in [-0.15, -0.1) is 0 Å². The van der Waals surface area contributed by atoms with Gasteiger partial charge in [0.1, 0.15) is 23.2 Å². The number of aryl methyl sites for hydroxylation is 2. The third-order valence-corrected chi connectivity index (χ3v) is 3.64. The van der Waals surface area contributed by atoms with Crippen LogP contribution in [0.5, 0.6) is 0 Å². The van der Waals surface area contributed by atoms with Crippen molar-refractivity contribution in [1.29, 1.82) is 10.5 Å². The molecule has 3 rings (SSSR count). The fourth-order valence-corrected chi connectivity index (χ4v) is 2.31. The van der Waals surface area contributed by atoms with Crippen molar-refractivity contribution in [3.8, 4) is 23.6 Å². The Hall–Kier alpha value is -3.57. The number of allylic oxidation sites excluding steroid dienone is 1. The van der Waals surface area contributed by atoms with E-state index in [1.807, 2.05) is 62.4 Å². The Kier molecular flexibility index (Phi) is 4.01. The zero-order valence-electron chi connectivity index (χ0n) is 13.3. The molecule has 0 amide bonds. The van der Waals surface area contributed by atoms with Crippen LogP contribution in [0.1, 0.15) is 11.1 Å². The number of aromatic nitrogens is 1. The van der Waals surface area contributed by atoms with Gasteiger partial charge in [-0.05, 0) is 49.2 Å². The molecule has 2 aromatic carbocycles. The van der Waals surface area contributed by atoms with Crippen LogP contribution < -0.4 is 5.32 Å². The second-order valence-electron chi connectivity index (χ2n) is 5.45. The molecule has 0 aliphatic carbocycles. The van der Waals surface area contributed by atoms with Gasteiger partial charge in [-0.3, -0.25) is 0 Å². The number of benzene rings is 2. The minimum Gasteiger partial charge on any atom is -0.436 e. The van der Waals surface area contributed by atoms with Crippen LogP contribution in [0, 0.1) is 36.5 Å². The van der Waals surface area contributed by atoms with E-state index in [0.717, 1.165) is 33.5 Å². The zero-order chi connectivity index (χ0) is 17.1. The summed E-state index contributed by atoms with van der Waals surface area (Å²) in [5, 5.41) is 20.6. The highest BCUT2D eigenvalue weighted by atomic mass is 16.3. The highest BCUT2D eigenvalue weighted by molar-refractivity contribution is 5.77. The molecule has 0 aliphatic heterocycles. The summed E-state index contributed by atoms with van der Waals surface area (Å²) in [5.74, 6) is 0.531. The molecule has 5 nitrogen and oxygen atoms in total. The van der Waals surface area contributed by atoms with Gasteiger partial charge in [0.05, 0.1) is 0 Å². The van der Waals surface area contributed by atoms with Gasteiger partial charge in [0.15, 0.2) is 5.58 Å². The molecule has 1 N–H and O–H groups in total. The molecule has 0 saturated heterocycles. The van der Waals surface area contributed by atoms with Crippen molar-refractivity contribution in [3.63, 3.8) is 0 Å². The SMILES string of the molecule is Cc1ccc2oc(-c3ccc(C)c(NC=C(C#N)C#N)c3)nc2c1. The Morgan fingerprint density at radius 3 is 2.67 bits per heavy atom. The van der Waals surface area contributed by atoms with E-state index in [2.05, 4.69) is 10.3 Å². The van der Waals surface area contributed by atoms with E-state index in [1.54, 1.807) is 0 Å². The topological polar surface area (TPSA) is 85.6 Å². The predicted molar refractivity (Wildman–Crippen MR) is 91.9 cm³/mol. The average molecular weight is 314 g/mol. The molecular weight excluding hydrogens is 300 g/mol. The number of rotatable bonds is 3. The van der Waals surface area contributed by atoms with Crippen molar-refractivity contribution < 1.29 is 4.42 Å². The molecule has 0 aliphatic rings. The van der Waals surface area contributed by atoms with Crippen molar-refractivity contribution in [3.05, 3.63) is 59.3 Å². The number of anilines is 1. The molecule has 0 atom stereocenters. The third-order valence-electron chi connectivity index (χ3n) is 3.64. The van der Waals surface area contributed by atoms with Crippen molar-refractivity contribution in [2.45, 2.75) is 13.8 Å². The van der Waals surface area contributed by atoms with Gasteiger partial charge in [-0.2, -0.15) is 10.5 Å². The monoisotopic (exact) mass is 314 g/mol. The molecule has 3 aromatic rings. The molecule has 116 valence electrons. The maximum absolute atomic E-state index is 8.80. The molecule has 5 heteroatoms. The normalized spacial score (nSPS) is 10.0. The summed E-state index contributed by atoms with van der Waals surface area (Å²) in [7, 11) is 0. The van der Waals surface area contributed by atoms with Crippen LogP contribution in [-0.2, 0) is 0 Å². The lowest BCUT2D eigenvalue weighted by Gasteiger charge is -2.07. The summed E-state index contributed by atoms with van der Waals surface area (Å²) in [4.78, 5) is 4.53. The average Bonchev–Trinajstić information content (AvgIpc) is 3.00.